The summed E-state index contributed by atoms with van der Waals surface area (Å²) in [6.45, 7) is 4.65. The van der Waals surface area contributed by atoms with Gasteiger partial charge in [0, 0.05) is 27.8 Å². The Bertz CT molecular complexity index is 4320. The fourth-order valence-electron chi connectivity index (χ4n) is 14.4. The molecule has 0 radical (unpaired) electrons. The van der Waals surface area contributed by atoms with Crippen LogP contribution in [-0.4, -0.2) is 9.97 Å². The standard InChI is InChI=1S/C75H51N3/c1-73(2)58-28-12-9-25-54(58)57-43-41-52(46-66(57)73)72-76-68(49-21-5-3-6-22-49)47-69(77-72)50-39-37-48(38-40-50)51-42-44-71-67(45-51)75(65-35-19-20-36-70(65)78(71)53-23-7-4-8-24-53)63-33-17-15-31-61(63)74(62-32-16-18-34-64(62)75)59-29-13-10-26-55(59)56-27-11-14-30-60(56)74/h3-47H,1-2H3. The number of anilines is 3. The Morgan fingerprint density at radius 2 is 0.667 bits per heavy atom. The molecule has 3 heteroatoms. The first-order valence-electron chi connectivity index (χ1n) is 27.2. The highest BCUT2D eigenvalue weighted by molar-refractivity contribution is 5.96. The van der Waals surface area contributed by atoms with Crippen LogP contribution in [0.5, 0.6) is 0 Å². The van der Waals surface area contributed by atoms with Crippen LogP contribution in [0.15, 0.2) is 273 Å². The van der Waals surface area contributed by atoms with Crippen LogP contribution >= 0.6 is 0 Å². The van der Waals surface area contributed by atoms with E-state index in [1.165, 1.54) is 83.6 Å². The predicted octanol–water partition coefficient (Wildman–Crippen LogP) is 18.3. The van der Waals surface area contributed by atoms with Crippen LogP contribution in [0, 0.1) is 0 Å². The summed E-state index contributed by atoms with van der Waals surface area (Å²) < 4.78 is 0. The molecule has 3 aliphatic carbocycles. The molecule has 2 spiro atoms. The summed E-state index contributed by atoms with van der Waals surface area (Å²) in [5, 5.41) is 0. The van der Waals surface area contributed by atoms with Crippen LogP contribution in [0.25, 0.3) is 67.3 Å². The largest absolute Gasteiger partial charge is 0.310 e. The second kappa shape index (κ2) is 16.6. The number of aromatic nitrogens is 2. The normalized spacial score (nSPS) is 14.8. The van der Waals surface area contributed by atoms with Crippen molar-refractivity contribution in [1.82, 2.24) is 9.97 Å². The zero-order valence-electron chi connectivity index (χ0n) is 43.3. The molecule has 1 aliphatic heterocycles. The van der Waals surface area contributed by atoms with Crippen molar-refractivity contribution in [1.29, 1.82) is 0 Å². The number of hydrogen-bond donors (Lipinski definition) is 0. The maximum absolute atomic E-state index is 5.38. The molecule has 4 aliphatic rings. The van der Waals surface area contributed by atoms with E-state index in [0.29, 0.717) is 5.82 Å². The molecule has 0 bridgehead atoms. The van der Waals surface area contributed by atoms with Gasteiger partial charge in [-0.2, -0.15) is 0 Å². The summed E-state index contributed by atoms with van der Waals surface area (Å²) in [4.78, 5) is 13.1. The third kappa shape index (κ3) is 6.04. The van der Waals surface area contributed by atoms with Gasteiger partial charge in [0.05, 0.1) is 33.6 Å². The quantitative estimate of drug-likeness (QED) is 0.172. The lowest BCUT2D eigenvalue weighted by molar-refractivity contribution is 0.619. The topological polar surface area (TPSA) is 29.0 Å². The van der Waals surface area contributed by atoms with E-state index >= 15 is 0 Å². The first-order chi connectivity index (χ1) is 38.4. The fourth-order valence-corrected chi connectivity index (χ4v) is 14.4. The Hall–Kier alpha value is -9.70. The summed E-state index contributed by atoms with van der Waals surface area (Å²) in [7, 11) is 0. The van der Waals surface area contributed by atoms with Gasteiger partial charge in [0.2, 0.25) is 0 Å². The van der Waals surface area contributed by atoms with E-state index in [1.54, 1.807) is 0 Å². The molecule has 0 saturated heterocycles. The van der Waals surface area contributed by atoms with Crippen molar-refractivity contribution in [3.8, 4) is 67.3 Å². The number of para-hydroxylation sites is 2. The smallest absolute Gasteiger partial charge is 0.160 e. The van der Waals surface area contributed by atoms with Gasteiger partial charge >= 0.3 is 0 Å². The summed E-state index contributed by atoms with van der Waals surface area (Å²) in [5.41, 5.74) is 27.5. The lowest BCUT2D eigenvalue weighted by Gasteiger charge is -2.53. The Morgan fingerprint density at radius 1 is 0.269 bits per heavy atom. The van der Waals surface area contributed by atoms with Crippen LogP contribution in [0.1, 0.15) is 69.5 Å². The molecule has 16 rings (SSSR count). The zero-order chi connectivity index (χ0) is 51.7. The molecule has 0 unspecified atom stereocenters. The van der Waals surface area contributed by atoms with E-state index in [4.69, 9.17) is 9.97 Å². The number of hydrogen-bond acceptors (Lipinski definition) is 3. The first kappa shape index (κ1) is 44.6. The third-order valence-electron chi connectivity index (χ3n) is 17.8. The summed E-state index contributed by atoms with van der Waals surface area (Å²) in [6, 6.07) is 101. The highest BCUT2D eigenvalue weighted by Gasteiger charge is 2.59. The monoisotopic (exact) mass is 993 g/mol. The minimum absolute atomic E-state index is 0.141. The molecule has 12 aromatic rings. The van der Waals surface area contributed by atoms with Gasteiger partial charge in [0.1, 0.15) is 0 Å². The third-order valence-corrected chi connectivity index (χ3v) is 17.8. The molecule has 0 saturated carbocycles. The van der Waals surface area contributed by atoms with Crippen molar-refractivity contribution in [3.05, 3.63) is 329 Å². The number of benzene rings is 11. The summed E-state index contributed by atoms with van der Waals surface area (Å²) in [5.74, 6) is 0.715. The zero-order valence-corrected chi connectivity index (χ0v) is 43.3. The van der Waals surface area contributed by atoms with Crippen LogP contribution < -0.4 is 4.90 Å². The van der Waals surface area contributed by atoms with Crippen molar-refractivity contribution >= 4 is 17.1 Å². The molecule has 1 aromatic heterocycles. The number of fused-ring (bicyclic) bond motifs is 18. The SMILES string of the molecule is CC1(C)c2ccccc2-c2ccc(-c3nc(-c4ccccc4)cc(-c4ccc(-c5ccc6c(c5)C5(c7ccccc7N6c6ccccc6)c6ccccc6C6(c7ccccc7-c7ccccc76)c6ccccc65)cc4)n3)cc21. The van der Waals surface area contributed by atoms with E-state index in [9.17, 15) is 0 Å². The molecule has 3 nitrogen and oxygen atoms in total. The Balaban J connectivity index is 0.886. The van der Waals surface area contributed by atoms with Crippen LogP contribution in [0.2, 0.25) is 0 Å². The van der Waals surface area contributed by atoms with E-state index in [2.05, 4.69) is 292 Å². The molecule has 0 fully saturated rings. The van der Waals surface area contributed by atoms with Crippen molar-refractivity contribution in [2.45, 2.75) is 30.1 Å². The van der Waals surface area contributed by atoms with E-state index in [1.807, 2.05) is 0 Å². The van der Waals surface area contributed by atoms with E-state index in [-0.39, 0.29) is 5.41 Å². The maximum Gasteiger partial charge on any atom is 0.160 e. The van der Waals surface area contributed by atoms with Crippen molar-refractivity contribution in [2.75, 3.05) is 4.90 Å². The molecular formula is C75H51N3. The summed E-state index contributed by atoms with van der Waals surface area (Å²) >= 11 is 0. The maximum atomic E-state index is 5.38. The average Bonchev–Trinajstić information content (AvgIpc) is 3.23. The Labute approximate surface area is 455 Å². The van der Waals surface area contributed by atoms with Gasteiger partial charge in [-0.05, 0) is 131 Å². The second-order valence-corrected chi connectivity index (χ2v) is 21.9. The minimum Gasteiger partial charge on any atom is -0.310 e. The summed E-state index contributed by atoms with van der Waals surface area (Å²) in [6.07, 6.45) is 0. The molecule has 366 valence electrons. The van der Waals surface area contributed by atoms with Crippen molar-refractivity contribution < 1.29 is 0 Å². The van der Waals surface area contributed by atoms with Gasteiger partial charge in [0.25, 0.3) is 0 Å². The lowest BCUT2D eigenvalue weighted by Crippen LogP contribution is -2.47. The van der Waals surface area contributed by atoms with Gasteiger partial charge in [-0.3, -0.25) is 0 Å². The molecular weight excluding hydrogens is 943 g/mol. The van der Waals surface area contributed by atoms with Crippen LogP contribution in [0.4, 0.5) is 17.1 Å². The molecule has 0 atom stereocenters. The lowest BCUT2D eigenvalue weighted by atomic mass is 9.50. The highest BCUT2D eigenvalue weighted by atomic mass is 15.2. The van der Waals surface area contributed by atoms with Crippen molar-refractivity contribution in [3.63, 3.8) is 0 Å². The Morgan fingerprint density at radius 3 is 1.27 bits per heavy atom. The molecule has 78 heavy (non-hydrogen) atoms. The molecule has 0 amide bonds. The van der Waals surface area contributed by atoms with Crippen molar-refractivity contribution in [2.24, 2.45) is 0 Å². The van der Waals surface area contributed by atoms with Gasteiger partial charge in [-0.1, -0.05) is 244 Å². The van der Waals surface area contributed by atoms with Crippen LogP contribution in [0.3, 0.4) is 0 Å². The molecule has 11 aromatic carbocycles. The number of rotatable bonds is 5. The second-order valence-electron chi connectivity index (χ2n) is 21.9. The van der Waals surface area contributed by atoms with Crippen LogP contribution in [-0.2, 0) is 16.2 Å². The number of nitrogens with zero attached hydrogens (tertiary/aromatic N) is 3. The van der Waals surface area contributed by atoms with Gasteiger partial charge in [-0.25, -0.2) is 9.97 Å². The van der Waals surface area contributed by atoms with Gasteiger partial charge < -0.3 is 4.90 Å². The van der Waals surface area contributed by atoms with E-state index < -0.39 is 10.8 Å². The predicted molar refractivity (Wildman–Crippen MR) is 319 cm³/mol. The first-order valence-corrected chi connectivity index (χ1v) is 27.2. The minimum atomic E-state index is -0.696. The highest BCUT2D eigenvalue weighted by Crippen LogP contribution is 2.68. The van der Waals surface area contributed by atoms with Gasteiger partial charge in [0.15, 0.2) is 5.82 Å². The van der Waals surface area contributed by atoms with E-state index in [0.717, 1.165) is 50.6 Å². The molecule has 2 heterocycles. The molecule has 0 N–H and O–H groups in total. The fraction of sp³-hybridized carbons (Fsp3) is 0.0667. The van der Waals surface area contributed by atoms with Gasteiger partial charge in [-0.15, -0.1) is 0 Å². The average molecular weight is 994 g/mol. The Kier molecular flexibility index (Phi) is 9.52.